The number of benzene rings is 1. The second-order valence-corrected chi connectivity index (χ2v) is 7.99. The number of hydrogen-bond donors (Lipinski definition) is 0. The lowest BCUT2D eigenvalue weighted by Gasteiger charge is -2.25. The summed E-state index contributed by atoms with van der Waals surface area (Å²) >= 11 is 0. The van der Waals surface area contributed by atoms with E-state index >= 15 is 0 Å². The summed E-state index contributed by atoms with van der Waals surface area (Å²) in [5.41, 5.74) is 0.455. The third kappa shape index (κ3) is 3.91. The second kappa shape index (κ2) is 5.88. The number of rotatable bonds is 4. The lowest BCUT2D eigenvalue weighted by atomic mass is 10.1. The van der Waals surface area contributed by atoms with Crippen molar-refractivity contribution in [3.05, 3.63) is 35.4 Å². The smallest absolute Gasteiger partial charge is 0.232 e. The summed E-state index contributed by atoms with van der Waals surface area (Å²) in [5, 5.41) is 0. The number of likely N-dealkylation sites (tertiary alicyclic amines) is 1. The highest BCUT2D eigenvalue weighted by atomic mass is 35.7. The second-order valence-electron chi connectivity index (χ2n) is 5.17. The zero-order valence-electron chi connectivity index (χ0n) is 11.2. The molecule has 0 aliphatic carbocycles. The molecular weight excluding hydrogens is 324 g/mol. The van der Waals surface area contributed by atoms with Gasteiger partial charge in [-0.05, 0) is 24.6 Å². The van der Waals surface area contributed by atoms with Crippen LogP contribution < -0.4 is 0 Å². The summed E-state index contributed by atoms with van der Waals surface area (Å²) in [7, 11) is 1.52. The number of halogens is 3. The third-order valence-electron chi connectivity index (χ3n) is 3.57. The topological polar surface area (TPSA) is 54.5 Å². The SMILES string of the molecule is CC(c1ccc(F)c(F)c1)N1CC(CS(=O)(=O)Cl)CC1=O. The molecule has 1 aliphatic rings. The van der Waals surface area contributed by atoms with Gasteiger partial charge < -0.3 is 4.90 Å². The van der Waals surface area contributed by atoms with Gasteiger partial charge in [0.25, 0.3) is 0 Å². The Hall–Kier alpha value is -1.21. The van der Waals surface area contributed by atoms with Crippen LogP contribution in [0.5, 0.6) is 0 Å². The minimum absolute atomic E-state index is 0.0833. The predicted octanol–water partition coefficient (Wildman–Crippen LogP) is 2.44. The Morgan fingerprint density at radius 3 is 2.62 bits per heavy atom. The molecule has 4 nitrogen and oxygen atoms in total. The van der Waals surface area contributed by atoms with Crippen molar-refractivity contribution in [2.45, 2.75) is 19.4 Å². The molecule has 2 unspecified atom stereocenters. The Morgan fingerprint density at radius 1 is 1.38 bits per heavy atom. The number of amides is 1. The van der Waals surface area contributed by atoms with E-state index in [1.807, 2.05) is 0 Å². The summed E-state index contributed by atoms with van der Waals surface area (Å²) in [6.07, 6.45) is 0.0833. The first kappa shape index (κ1) is 16.2. The average molecular weight is 338 g/mol. The standard InChI is InChI=1S/C13H14ClF2NO3S/c1-8(10-2-3-11(15)12(16)5-10)17-6-9(4-13(17)18)7-21(14,19)20/h2-3,5,8-9H,4,6-7H2,1H3. The van der Waals surface area contributed by atoms with Crippen LogP contribution in [0, 0.1) is 17.6 Å². The van der Waals surface area contributed by atoms with Crippen molar-refractivity contribution in [1.29, 1.82) is 0 Å². The predicted molar refractivity (Wildman–Crippen MR) is 74.2 cm³/mol. The van der Waals surface area contributed by atoms with E-state index < -0.39 is 26.7 Å². The van der Waals surface area contributed by atoms with E-state index in [-0.39, 0.29) is 30.5 Å². The first-order chi connectivity index (χ1) is 9.67. The van der Waals surface area contributed by atoms with E-state index in [1.165, 1.54) is 11.0 Å². The van der Waals surface area contributed by atoms with E-state index in [0.29, 0.717) is 5.56 Å². The van der Waals surface area contributed by atoms with Crippen LogP contribution in [0.1, 0.15) is 24.9 Å². The number of carbonyl (C=O) groups excluding carboxylic acids is 1. The maximum absolute atomic E-state index is 13.2. The highest BCUT2D eigenvalue weighted by Gasteiger charge is 2.35. The molecule has 1 amide bonds. The van der Waals surface area contributed by atoms with Crippen LogP contribution in [0.25, 0.3) is 0 Å². The van der Waals surface area contributed by atoms with Crippen LogP contribution >= 0.6 is 10.7 Å². The highest BCUT2D eigenvalue weighted by molar-refractivity contribution is 8.13. The van der Waals surface area contributed by atoms with Gasteiger partial charge in [0, 0.05) is 29.6 Å². The highest BCUT2D eigenvalue weighted by Crippen LogP contribution is 2.30. The molecule has 116 valence electrons. The van der Waals surface area contributed by atoms with Crippen LogP contribution in [-0.4, -0.2) is 31.5 Å². The van der Waals surface area contributed by atoms with Gasteiger partial charge in [0.05, 0.1) is 11.8 Å². The molecule has 1 fully saturated rings. The Bertz CT molecular complexity index is 665. The lowest BCUT2D eigenvalue weighted by Crippen LogP contribution is -2.29. The van der Waals surface area contributed by atoms with Gasteiger partial charge in [0.15, 0.2) is 11.6 Å². The monoisotopic (exact) mass is 337 g/mol. The van der Waals surface area contributed by atoms with Crippen LogP contribution in [0.15, 0.2) is 18.2 Å². The molecule has 0 bridgehead atoms. The summed E-state index contributed by atoms with van der Waals surface area (Å²) < 4.78 is 48.3. The van der Waals surface area contributed by atoms with Crippen LogP contribution in [-0.2, 0) is 13.8 Å². The fourth-order valence-electron chi connectivity index (χ4n) is 2.53. The molecule has 1 aromatic rings. The van der Waals surface area contributed by atoms with Gasteiger partial charge in [-0.3, -0.25) is 4.79 Å². The summed E-state index contributed by atoms with van der Waals surface area (Å²) in [5.74, 6) is -2.82. The normalized spacial score (nSPS) is 20.9. The maximum atomic E-state index is 13.2. The molecule has 0 radical (unpaired) electrons. The third-order valence-corrected chi connectivity index (χ3v) is 4.81. The van der Waals surface area contributed by atoms with Gasteiger partial charge in [0.2, 0.25) is 15.0 Å². The number of hydrogen-bond acceptors (Lipinski definition) is 3. The molecule has 1 aromatic carbocycles. The van der Waals surface area contributed by atoms with E-state index in [1.54, 1.807) is 6.92 Å². The molecule has 0 aromatic heterocycles. The Kier molecular flexibility index (Phi) is 4.53. The van der Waals surface area contributed by atoms with Gasteiger partial charge in [-0.15, -0.1) is 0 Å². The van der Waals surface area contributed by atoms with Gasteiger partial charge >= 0.3 is 0 Å². The van der Waals surface area contributed by atoms with E-state index in [0.717, 1.165) is 12.1 Å². The van der Waals surface area contributed by atoms with Crippen molar-refractivity contribution in [3.63, 3.8) is 0 Å². The van der Waals surface area contributed by atoms with Crippen molar-refractivity contribution < 1.29 is 22.0 Å². The van der Waals surface area contributed by atoms with Crippen LogP contribution in [0.3, 0.4) is 0 Å². The fourth-order valence-corrected chi connectivity index (χ4v) is 3.85. The first-order valence-corrected chi connectivity index (χ1v) is 8.82. The Labute approximate surface area is 126 Å². The number of nitrogens with zero attached hydrogens (tertiary/aromatic N) is 1. The van der Waals surface area contributed by atoms with Crippen molar-refractivity contribution in [2.24, 2.45) is 5.92 Å². The summed E-state index contributed by atoms with van der Waals surface area (Å²) in [6, 6.07) is 2.99. The van der Waals surface area contributed by atoms with Gasteiger partial charge in [-0.25, -0.2) is 17.2 Å². The molecule has 0 saturated carbocycles. The Morgan fingerprint density at radius 2 is 2.05 bits per heavy atom. The fraction of sp³-hybridized carbons (Fsp3) is 0.462. The molecule has 0 spiro atoms. The number of carbonyl (C=O) groups is 1. The quantitative estimate of drug-likeness (QED) is 0.793. The molecule has 0 N–H and O–H groups in total. The molecule has 1 heterocycles. The van der Waals surface area contributed by atoms with Crippen molar-refractivity contribution in [1.82, 2.24) is 4.90 Å². The van der Waals surface area contributed by atoms with Crippen molar-refractivity contribution in [2.75, 3.05) is 12.3 Å². The average Bonchev–Trinajstić information content (AvgIpc) is 2.70. The van der Waals surface area contributed by atoms with Gasteiger partial charge in [-0.2, -0.15) is 0 Å². The minimum atomic E-state index is -3.67. The van der Waals surface area contributed by atoms with Gasteiger partial charge in [-0.1, -0.05) is 6.07 Å². The molecule has 2 rings (SSSR count). The zero-order valence-corrected chi connectivity index (χ0v) is 12.8. The maximum Gasteiger partial charge on any atom is 0.232 e. The lowest BCUT2D eigenvalue weighted by molar-refractivity contribution is -0.129. The van der Waals surface area contributed by atoms with Crippen molar-refractivity contribution in [3.8, 4) is 0 Å². The summed E-state index contributed by atoms with van der Waals surface area (Å²) in [4.78, 5) is 13.4. The molecule has 21 heavy (non-hydrogen) atoms. The molecule has 1 aliphatic heterocycles. The summed E-state index contributed by atoms with van der Waals surface area (Å²) in [6.45, 7) is 1.91. The van der Waals surface area contributed by atoms with E-state index in [2.05, 4.69) is 0 Å². The Balaban J connectivity index is 2.14. The molecular formula is C13H14ClF2NO3S. The molecule has 2 atom stereocenters. The van der Waals surface area contributed by atoms with E-state index in [4.69, 9.17) is 10.7 Å². The van der Waals surface area contributed by atoms with Crippen molar-refractivity contribution >= 4 is 25.6 Å². The van der Waals surface area contributed by atoms with E-state index in [9.17, 15) is 22.0 Å². The van der Waals surface area contributed by atoms with Crippen LogP contribution in [0.2, 0.25) is 0 Å². The van der Waals surface area contributed by atoms with Crippen LogP contribution in [0.4, 0.5) is 8.78 Å². The van der Waals surface area contributed by atoms with Gasteiger partial charge in [0.1, 0.15) is 0 Å². The minimum Gasteiger partial charge on any atom is -0.336 e. The first-order valence-electron chi connectivity index (χ1n) is 6.34. The molecule has 1 saturated heterocycles. The zero-order chi connectivity index (χ0) is 15.8. The largest absolute Gasteiger partial charge is 0.336 e. The molecule has 8 heteroatoms.